The number of morpholine rings is 1. The number of nitrogens with two attached hydrogens (primary N) is 1. The molecular weight excluding hydrogens is 328 g/mol. The number of aldehydes is 1. The van der Waals surface area contributed by atoms with Gasteiger partial charge in [0.05, 0.1) is 12.5 Å². The van der Waals surface area contributed by atoms with Gasteiger partial charge in [-0.05, 0) is 17.2 Å². The minimum Gasteiger partial charge on any atom is -0.458 e. The van der Waals surface area contributed by atoms with E-state index in [2.05, 4.69) is 5.32 Å². The molecule has 0 spiro atoms. The molecule has 4 rings (SSSR count). The van der Waals surface area contributed by atoms with Crippen LogP contribution in [0.15, 0.2) is 54.3 Å². The van der Waals surface area contributed by atoms with Crippen LogP contribution in [0, 0.1) is 0 Å². The van der Waals surface area contributed by atoms with Crippen molar-refractivity contribution in [1.29, 1.82) is 0 Å². The van der Waals surface area contributed by atoms with E-state index in [1.54, 1.807) is 0 Å². The molecule has 2 aromatic carbocycles. The van der Waals surface area contributed by atoms with Gasteiger partial charge in [-0.3, -0.25) is 0 Å². The summed E-state index contributed by atoms with van der Waals surface area (Å²) in [7, 11) is 0. The lowest BCUT2D eigenvalue weighted by Gasteiger charge is -2.31. The molecule has 134 valence electrons. The van der Waals surface area contributed by atoms with E-state index >= 15 is 0 Å². The molecule has 0 aliphatic carbocycles. The lowest BCUT2D eigenvalue weighted by atomic mass is 9.90. The number of rotatable bonds is 4. The minimum absolute atomic E-state index is 0.183. The number of carbonyl (C=O) groups excluding carboxylic acids is 1. The molecule has 2 heterocycles. The largest absolute Gasteiger partial charge is 0.458 e. The normalized spacial score (nSPS) is 22.1. The number of ether oxygens (including phenoxy) is 2. The van der Waals surface area contributed by atoms with E-state index in [0.717, 1.165) is 40.8 Å². The van der Waals surface area contributed by atoms with Crippen LogP contribution in [0.25, 0.3) is 11.1 Å². The van der Waals surface area contributed by atoms with Gasteiger partial charge in [0.15, 0.2) is 0 Å². The van der Waals surface area contributed by atoms with E-state index in [4.69, 9.17) is 15.2 Å². The minimum atomic E-state index is -0.343. The molecule has 1 fully saturated rings. The Morgan fingerprint density at radius 1 is 1.15 bits per heavy atom. The Bertz CT molecular complexity index is 841. The second kappa shape index (κ2) is 7.41. The van der Waals surface area contributed by atoms with Gasteiger partial charge in [0.2, 0.25) is 0 Å². The molecule has 2 aromatic rings. The number of benzene rings is 2. The average Bonchev–Trinajstić information content (AvgIpc) is 2.73. The van der Waals surface area contributed by atoms with Crippen molar-refractivity contribution in [1.82, 2.24) is 5.32 Å². The molecule has 0 amide bonds. The molecule has 2 unspecified atom stereocenters. The average molecular weight is 350 g/mol. The van der Waals surface area contributed by atoms with Crippen molar-refractivity contribution in [3.63, 3.8) is 0 Å². The van der Waals surface area contributed by atoms with Crippen LogP contribution in [0.2, 0.25) is 0 Å². The van der Waals surface area contributed by atoms with Gasteiger partial charge in [-0.1, -0.05) is 42.5 Å². The van der Waals surface area contributed by atoms with Gasteiger partial charge in [-0.15, -0.1) is 0 Å². The van der Waals surface area contributed by atoms with Gasteiger partial charge in [0.1, 0.15) is 23.9 Å². The van der Waals surface area contributed by atoms with E-state index in [1.165, 1.54) is 0 Å². The first kappa shape index (κ1) is 17.0. The topological polar surface area (TPSA) is 73.6 Å². The molecule has 5 heteroatoms. The van der Waals surface area contributed by atoms with Crippen LogP contribution in [0.5, 0.6) is 5.75 Å². The third kappa shape index (κ3) is 3.05. The first-order valence-electron chi connectivity index (χ1n) is 8.90. The van der Waals surface area contributed by atoms with E-state index < -0.39 is 0 Å². The zero-order valence-electron chi connectivity index (χ0n) is 14.5. The van der Waals surface area contributed by atoms with Crippen molar-refractivity contribution in [2.45, 2.75) is 18.6 Å². The van der Waals surface area contributed by atoms with Gasteiger partial charge in [0.25, 0.3) is 0 Å². The first-order chi connectivity index (χ1) is 12.8. The van der Waals surface area contributed by atoms with Crippen molar-refractivity contribution in [2.24, 2.45) is 5.73 Å². The molecule has 2 aliphatic rings. The van der Waals surface area contributed by atoms with Crippen LogP contribution in [0.4, 0.5) is 0 Å². The first-order valence-corrected chi connectivity index (χ1v) is 8.90. The monoisotopic (exact) mass is 350 g/mol. The number of para-hydroxylation sites is 1. The zero-order valence-corrected chi connectivity index (χ0v) is 14.5. The number of nitrogens with one attached hydrogen (secondary N) is 1. The van der Waals surface area contributed by atoms with Crippen LogP contribution in [0.3, 0.4) is 0 Å². The molecule has 0 bridgehead atoms. The van der Waals surface area contributed by atoms with Crippen LogP contribution in [-0.4, -0.2) is 32.1 Å². The van der Waals surface area contributed by atoms with Crippen LogP contribution in [-0.2, 0) is 16.1 Å². The maximum Gasteiger partial charge on any atom is 0.139 e. The zero-order chi connectivity index (χ0) is 17.9. The van der Waals surface area contributed by atoms with Gasteiger partial charge in [-0.2, -0.15) is 0 Å². The fourth-order valence-electron chi connectivity index (χ4n) is 3.56. The smallest absolute Gasteiger partial charge is 0.139 e. The summed E-state index contributed by atoms with van der Waals surface area (Å²) in [4.78, 5) is 11.7. The molecule has 2 atom stereocenters. The van der Waals surface area contributed by atoms with Crippen LogP contribution < -0.4 is 15.8 Å². The Morgan fingerprint density at radius 3 is 2.77 bits per heavy atom. The Morgan fingerprint density at radius 2 is 2.00 bits per heavy atom. The van der Waals surface area contributed by atoms with E-state index in [0.29, 0.717) is 25.5 Å². The number of hydrogen-bond donors (Lipinski definition) is 2. The maximum atomic E-state index is 11.7. The van der Waals surface area contributed by atoms with Gasteiger partial charge in [-0.25, -0.2) is 0 Å². The summed E-state index contributed by atoms with van der Waals surface area (Å²) in [6.45, 7) is 2.57. The lowest BCUT2D eigenvalue weighted by Crippen LogP contribution is -2.41. The van der Waals surface area contributed by atoms with Crippen molar-refractivity contribution >= 4 is 6.29 Å². The Hall–Kier alpha value is -2.47. The van der Waals surface area contributed by atoms with E-state index in [-0.39, 0.29) is 12.0 Å². The number of carbonyl (C=O) groups is 1. The van der Waals surface area contributed by atoms with Crippen molar-refractivity contribution in [2.75, 3.05) is 19.7 Å². The summed E-state index contributed by atoms with van der Waals surface area (Å²) < 4.78 is 12.1. The van der Waals surface area contributed by atoms with Crippen LogP contribution in [0.1, 0.15) is 17.0 Å². The fourth-order valence-corrected chi connectivity index (χ4v) is 3.56. The number of hydrogen-bond acceptors (Lipinski definition) is 5. The predicted molar refractivity (Wildman–Crippen MR) is 99.9 cm³/mol. The molecular formula is C21H22N2O3. The summed E-state index contributed by atoms with van der Waals surface area (Å²) >= 11 is 0. The summed E-state index contributed by atoms with van der Waals surface area (Å²) in [6, 6.07) is 13.9. The second-order valence-electron chi connectivity index (χ2n) is 6.48. The Kier molecular flexibility index (Phi) is 4.84. The summed E-state index contributed by atoms with van der Waals surface area (Å²) in [5, 5.41) is 3.30. The third-order valence-corrected chi connectivity index (χ3v) is 4.89. The molecule has 2 aliphatic heterocycles. The highest BCUT2D eigenvalue weighted by atomic mass is 16.5. The van der Waals surface area contributed by atoms with Crippen molar-refractivity contribution < 1.29 is 14.3 Å². The summed E-state index contributed by atoms with van der Waals surface area (Å²) in [6.07, 6.45) is 2.64. The van der Waals surface area contributed by atoms with E-state index in [1.807, 2.05) is 48.5 Å². The van der Waals surface area contributed by atoms with Crippen molar-refractivity contribution in [3.8, 4) is 16.9 Å². The maximum absolute atomic E-state index is 11.7. The van der Waals surface area contributed by atoms with Crippen LogP contribution >= 0.6 is 0 Å². The van der Waals surface area contributed by atoms with Gasteiger partial charge in [0, 0.05) is 30.8 Å². The summed E-state index contributed by atoms with van der Waals surface area (Å²) in [5.74, 6) is 1.07. The third-order valence-electron chi connectivity index (χ3n) is 4.89. The predicted octanol–water partition coefficient (Wildman–Crippen LogP) is 2.36. The highest BCUT2D eigenvalue weighted by Gasteiger charge is 2.30. The Balaban J connectivity index is 1.79. The van der Waals surface area contributed by atoms with Gasteiger partial charge >= 0.3 is 0 Å². The molecule has 0 saturated carbocycles. The quantitative estimate of drug-likeness (QED) is 0.828. The van der Waals surface area contributed by atoms with E-state index in [9.17, 15) is 4.79 Å². The second-order valence-corrected chi connectivity index (χ2v) is 6.48. The highest BCUT2D eigenvalue weighted by molar-refractivity contribution is 5.79. The molecule has 0 radical (unpaired) electrons. The molecule has 0 aromatic heterocycles. The highest BCUT2D eigenvalue weighted by Crippen LogP contribution is 2.42. The lowest BCUT2D eigenvalue weighted by molar-refractivity contribution is -0.108. The molecule has 26 heavy (non-hydrogen) atoms. The number of fused-ring (bicyclic) bond motifs is 1. The van der Waals surface area contributed by atoms with Crippen molar-refractivity contribution in [3.05, 3.63) is 65.4 Å². The Labute approximate surface area is 152 Å². The standard InChI is InChI=1S/C21H22N2O3/c22-11-14-4-1-2-5-16(14)18-7-3-6-17-15(13-24)10-19(26-21(17)18)20-12-23-8-9-25-20/h1-7,10,13,15,20,23H,8-9,11-12,22H2. The number of allylic oxidation sites excluding steroid dienone is 1. The molecule has 1 saturated heterocycles. The fraction of sp³-hybridized carbons (Fsp3) is 0.286. The SMILES string of the molecule is NCc1ccccc1-c1cccc2c1OC(C1CNCCO1)=CC2C=O. The van der Waals surface area contributed by atoms with Gasteiger partial charge < -0.3 is 25.3 Å². The molecule has 3 N–H and O–H groups in total. The molecule has 5 nitrogen and oxygen atoms in total. The summed E-state index contributed by atoms with van der Waals surface area (Å²) in [5.41, 5.74) is 9.81.